The number of nitro benzene ring substituents is 1. The van der Waals surface area contributed by atoms with Gasteiger partial charge in [-0.1, -0.05) is 11.6 Å². The number of carbonyl (C=O) groups is 1. The van der Waals surface area contributed by atoms with Crippen molar-refractivity contribution in [1.82, 2.24) is 4.91 Å². The van der Waals surface area contributed by atoms with Gasteiger partial charge in [-0.25, -0.2) is 0 Å². The Morgan fingerprint density at radius 2 is 1.92 bits per heavy atom. The maximum Gasteiger partial charge on any atom is 0.416 e. The molecule has 0 heterocycles. The molecule has 0 bridgehead atoms. The largest absolute Gasteiger partial charge is 0.507 e. The van der Waals surface area contributed by atoms with Crippen LogP contribution in [-0.4, -0.2) is 15.9 Å². The lowest BCUT2D eigenvalue weighted by molar-refractivity contribution is -0.384. The van der Waals surface area contributed by atoms with Gasteiger partial charge in [0.1, 0.15) is 5.75 Å². The molecule has 0 atom stereocenters. The number of rotatable bonds is 3. The summed E-state index contributed by atoms with van der Waals surface area (Å²) in [6, 6.07) is 5.05. The number of nitro groups is 1. The number of alkyl halides is 3. The molecule has 0 aliphatic heterocycles. The van der Waals surface area contributed by atoms with Crippen LogP contribution >= 0.6 is 11.6 Å². The zero-order valence-electron chi connectivity index (χ0n) is 12.4. The number of phenolic OH excluding ortho intramolecular Hbond substituents is 1. The highest BCUT2D eigenvalue weighted by molar-refractivity contribution is 6.31. The van der Waals surface area contributed by atoms with Gasteiger partial charge in [-0.2, -0.15) is 13.2 Å². The third kappa shape index (κ3) is 4.41. The summed E-state index contributed by atoms with van der Waals surface area (Å²) < 4.78 is 38.1. The number of amides is 1. The van der Waals surface area contributed by atoms with Gasteiger partial charge in [-0.05, 0) is 30.3 Å². The molecular weight excluding hydrogens is 381 g/mol. The molecular formula is C14H7ClF3N4O4+. The highest BCUT2D eigenvalue weighted by Gasteiger charge is 2.33. The Labute approximate surface area is 147 Å². The monoisotopic (exact) mass is 387 g/mol. The summed E-state index contributed by atoms with van der Waals surface area (Å²) in [4.78, 5) is 24.7. The van der Waals surface area contributed by atoms with E-state index < -0.39 is 39.7 Å². The second-order valence-electron chi connectivity index (χ2n) is 4.71. The first-order chi connectivity index (χ1) is 12.1. The second-order valence-corrected chi connectivity index (χ2v) is 5.15. The predicted molar refractivity (Wildman–Crippen MR) is 82.2 cm³/mol. The molecule has 0 fully saturated rings. The lowest BCUT2D eigenvalue weighted by Gasteiger charge is -2.05. The molecule has 0 aliphatic carbocycles. The normalized spacial score (nSPS) is 10.8. The summed E-state index contributed by atoms with van der Waals surface area (Å²) in [7, 11) is 0. The Hall–Kier alpha value is -3.30. The van der Waals surface area contributed by atoms with Gasteiger partial charge >= 0.3 is 17.8 Å². The van der Waals surface area contributed by atoms with Crippen molar-refractivity contribution in [2.75, 3.05) is 0 Å². The maximum absolute atomic E-state index is 12.7. The lowest BCUT2D eigenvalue weighted by atomic mass is 10.1. The first kappa shape index (κ1) is 19.0. The number of hydrogen-bond donors (Lipinski definition) is 1. The Morgan fingerprint density at radius 3 is 2.54 bits per heavy atom. The quantitative estimate of drug-likeness (QED) is 0.363. The molecule has 134 valence electrons. The van der Waals surface area contributed by atoms with Crippen LogP contribution in [0.1, 0.15) is 15.9 Å². The van der Waals surface area contributed by atoms with Crippen molar-refractivity contribution in [3.63, 3.8) is 0 Å². The molecule has 2 rings (SSSR count). The minimum absolute atomic E-state index is 0.117. The van der Waals surface area contributed by atoms with Crippen LogP contribution in [0.15, 0.2) is 46.6 Å². The number of phenols is 1. The van der Waals surface area contributed by atoms with Crippen LogP contribution < -0.4 is 4.91 Å². The van der Waals surface area contributed by atoms with E-state index >= 15 is 0 Å². The number of hydrogen-bond acceptors (Lipinski definition) is 5. The molecule has 0 unspecified atom stereocenters. The van der Waals surface area contributed by atoms with E-state index in [4.69, 9.17) is 11.6 Å². The molecule has 2 aromatic rings. The van der Waals surface area contributed by atoms with Gasteiger partial charge in [0, 0.05) is 11.1 Å². The summed E-state index contributed by atoms with van der Waals surface area (Å²) in [5.74, 6) is -1.55. The molecule has 0 radical (unpaired) electrons. The number of carbonyl (C=O) groups excluding carboxylic acids is 1. The van der Waals surface area contributed by atoms with Crippen molar-refractivity contribution in [3.05, 3.63) is 62.7 Å². The van der Waals surface area contributed by atoms with E-state index in [0.717, 1.165) is 12.1 Å². The van der Waals surface area contributed by atoms with Crippen molar-refractivity contribution >= 4 is 28.9 Å². The average molecular weight is 388 g/mol. The minimum atomic E-state index is -4.75. The topological polar surface area (TPSA) is 119 Å². The number of nitrogens with zero attached hydrogens (tertiary/aromatic N) is 4. The number of halogens is 4. The maximum atomic E-state index is 12.7. The molecule has 0 saturated heterocycles. The molecule has 0 aromatic heterocycles. The number of aromatic hydroxyl groups is 1. The van der Waals surface area contributed by atoms with Gasteiger partial charge in [0.2, 0.25) is 15.7 Å². The molecule has 8 nitrogen and oxygen atoms in total. The van der Waals surface area contributed by atoms with Crippen LogP contribution in [0.3, 0.4) is 0 Å². The van der Waals surface area contributed by atoms with Crippen LogP contribution in [0, 0.1) is 10.1 Å². The van der Waals surface area contributed by atoms with E-state index in [1.807, 2.05) is 0 Å². The Balaban J connectivity index is 2.42. The molecule has 1 N–H and O–H groups in total. The highest BCUT2D eigenvalue weighted by atomic mass is 35.5. The van der Waals surface area contributed by atoms with Crippen molar-refractivity contribution in [2.24, 2.45) is 10.2 Å². The van der Waals surface area contributed by atoms with Gasteiger partial charge < -0.3 is 5.11 Å². The van der Waals surface area contributed by atoms with E-state index in [0.29, 0.717) is 18.2 Å². The summed E-state index contributed by atoms with van der Waals surface area (Å²) in [6.07, 6.45) is -4.75. The SMILES string of the molecule is O=C(N=[N+]=Nc1cc(C(F)(F)F)ccc1[N+](=O)[O-])c1cc(Cl)ccc1O. The summed E-state index contributed by atoms with van der Waals surface area (Å²) in [5.41, 5.74) is -3.00. The van der Waals surface area contributed by atoms with Crippen molar-refractivity contribution in [1.29, 1.82) is 0 Å². The van der Waals surface area contributed by atoms with Crippen LogP contribution in [-0.2, 0) is 6.18 Å². The van der Waals surface area contributed by atoms with Crippen LogP contribution in [0.5, 0.6) is 5.75 Å². The smallest absolute Gasteiger partial charge is 0.416 e. The van der Waals surface area contributed by atoms with E-state index in [-0.39, 0.29) is 10.6 Å². The molecule has 0 spiro atoms. The molecule has 1 amide bonds. The Kier molecular flexibility index (Phi) is 5.34. The molecule has 0 aliphatic rings. The first-order valence-corrected chi connectivity index (χ1v) is 6.97. The zero-order valence-corrected chi connectivity index (χ0v) is 13.2. The second kappa shape index (κ2) is 7.30. The first-order valence-electron chi connectivity index (χ1n) is 6.60. The number of benzene rings is 2. The van der Waals surface area contributed by atoms with Crippen LogP contribution in [0.2, 0.25) is 5.02 Å². The van der Waals surface area contributed by atoms with E-state index in [1.165, 1.54) is 6.07 Å². The summed E-state index contributed by atoms with van der Waals surface area (Å²) in [6.45, 7) is 0. The van der Waals surface area contributed by atoms with Crippen LogP contribution in [0.25, 0.3) is 0 Å². The standard InChI is InChI=1S/C14H6ClF3N4O4/c15-8-2-4-12(23)9(6-8)13(24)20-21-19-10-5-7(14(16,17)18)1-3-11(10)22(25)26/h1-6H/p+1. The minimum Gasteiger partial charge on any atom is -0.507 e. The van der Waals surface area contributed by atoms with Gasteiger partial charge in [-0.3, -0.25) is 14.9 Å². The fourth-order valence-corrected chi connectivity index (χ4v) is 1.95. The van der Waals surface area contributed by atoms with Gasteiger partial charge in [0.15, 0.2) is 5.11 Å². The van der Waals surface area contributed by atoms with E-state index in [1.54, 1.807) is 0 Å². The van der Waals surface area contributed by atoms with Gasteiger partial charge in [-0.15, -0.1) is 0 Å². The Morgan fingerprint density at radius 1 is 1.23 bits per heavy atom. The molecule has 12 heteroatoms. The van der Waals surface area contributed by atoms with Crippen molar-refractivity contribution < 1.29 is 28.0 Å². The van der Waals surface area contributed by atoms with E-state index in [9.17, 15) is 33.2 Å². The lowest BCUT2D eigenvalue weighted by Crippen LogP contribution is -2.04. The molecule has 26 heavy (non-hydrogen) atoms. The summed E-state index contributed by atoms with van der Waals surface area (Å²) >= 11 is 5.67. The third-order valence-electron chi connectivity index (χ3n) is 2.98. The third-order valence-corrected chi connectivity index (χ3v) is 3.21. The molecule has 2 aromatic carbocycles. The van der Waals surface area contributed by atoms with Crippen molar-refractivity contribution in [2.45, 2.75) is 6.18 Å². The zero-order chi connectivity index (χ0) is 19.5. The van der Waals surface area contributed by atoms with Crippen LogP contribution in [0.4, 0.5) is 24.5 Å². The molecule has 0 saturated carbocycles. The van der Waals surface area contributed by atoms with Gasteiger partial charge in [0.05, 0.1) is 16.1 Å². The average Bonchev–Trinajstić information content (AvgIpc) is 2.55. The summed E-state index contributed by atoms with van der Waals surface area (Å²) in [5, 5.41) is 26.8. The predicted octanol–water partition coefficient (Wildman–Crippen LogP) is 4.42. The Bertz CT molecular complexity index is 956. The van der Waals surface area contributed by atoms with E-state index in [2.05, 4.69) is 15.1 Å². The van der Waals surface area contributed by atoms with Crippen molar-refractivity contribution in [3.8, 4) is 5.75 Å². The highest BCUT2D eigenvalue weighted by Crippen LogP contribution is 2.35. The fourth-order valence-electron chi connectivity index (χ4n) is 1.78. The fraction of sp³-hybridized carbons (Fsp3) is 0.0714. The van der Waals surface area contributed by atoms with Gasteiger partial charge in [0.25, 0.3) is 0 Å².